The Labute approximate surface area is 128 Å². The molecule has 0 saturated carbocycles. The van der Waals surface area contributed by atoms with Crippen molar-refractivity contribution >= 4 is 11.7 Å². The largest absolute Gasteiger partial charge is 0.466 e. The van der Waals surface area contributed by atoms with Crippen molar-refractivity contribution in [3.8, 4) is 18.2 Å². The fraction of sp³-hybridized carbons (Fsp3) is 0.250. The summed E-state index contributed by atoms with van der Waals surface area (Å²) < 4.78 is 4.85. The van der Waals surface area contributed by atoms with Gasteiger partial charge in [-0.3, -0.25) is 4.79 Å². The Morgan fingerprint density at radius 1 is 1.14 bits per heavy atom. The van der Waals surface area contributed by atoms with Gasteiger partial charge in [-0.2, -0.15) is 15.8 Å². The molecule has 0 unspecified atom stereocenters. The summed E-state index contributed by atoms with van der Waals surface area (Å²) in [6.45, 7) is 2.13. The molecule has 22 heavy (non-hydrogen) atoms. The Morgan fingerprint density at radius 3 is 2.27 bits per heavy atom. The van der Waals surface area contributed by atoms with E-state index in [1.165, 1.54) is 0 Å². The minimum absolute atomic E-state index is 0.0933. The van der Waals surface area contributed by atoms with Crippen LogP contribution in [0.3, 0.4) is 0 Å². The van der Waals surface area contributed by atoms with Crippen molar-refractivity contribution in [2.75, 3.05) is 11.9 Å². The highest BCUT2D eigenvalue weighted by atomic mass is 16.5. The lowest BCUT2D eigenvalue weighted by Crippen LogP contribution is -2.05. The van der Waals surface area contributed by atoms with Crippen molar-refractivity contribution in [3.05, 3.63) is 41.1 Å². The lowest BCUT2D eigenvalue weighted by Gasteiger charge is -2.06. The smallest absolute Gasteiger partial charge is 0.306 e. The van der Waals surface area contributed by atoms with Gasteiger partial charge < -0.3 is 10.1 Å². The second kappa shape index (κ2) is 8.79. The zero-order valence-corrected chi connectivity index (χ0v) is 12.1. The molecular formula is C16H14N4O2. The number of carbonyl (C=O) groups excluding carboxylic acids is 1. The van der Waals surface area contributed by atoms with Gasteiger partial charge in [0.2, 0.25) is 0 Å². The Balaban J connectivity index is 2.72. The van der Waals surface area contributed by atoms with Crippen molar-refractivity contribution < 1.29 is 9.53 Å². The van der Waals surface area contributed by atoms with Crippen LogP contribution in [0.2, 0.25) is 0 Å². The minimum Gasteiger partial charge on any atom is -0.466 e. The molecule has 0 heterocycles. The number of hydrogen-bond acceptors (Lipinski definition) is 6. The molecule has 1 aromatic carbocycles. The number of nitriles is 3. The second-order valence-corrected chi connectivity index (χ2v) is 4.21. The zero-order chi connectivity index (χ0) is 16.4. The predicted molar refractivity (Wildman–Crippen MR) is 78.9 cm³/mol. The number of aryl methyl sites for hydroxylation is 1. The maximum atomic E-state index is 11.3. The number of esters is 1. The fourth-order valence-electron chi connectivity index (χ4n) is 1.66. The highest BCUT2D eigenvalue weighted by Crippen LogP contribution is 2.14. The van der Waals surface area contributed by atoms with Crippen LogP contribution in [0.1, 0.15) is 18.9 Å². The first kappa shape index (κ1) is 16.8. The Bertz CT molecular complexity index is 669. The number of allylic oxidation sites excluding steroid dienone is 2. The first-order chi connectivity index (χ1) is 10.6. The van der Waals surface area contributed by atoms with E-state index in [1.54, 1.807) is 49.4 Å². The molecule has 0 spiro atoms. The van der Waals surface area contributed by atoms with Gasteiger partial charge in [0.15, 0.2) is 5.57 Å². The summed E-state index contributed by atoms with van der Waals surface area (Å²) in [7, 11) is 0. The molecule has 1 aromatic rings. The molecule has 6 nitrogen and oxygen atoms in total. The maximum absolute atomic E-state index is 11.3. The van der Waals surface area contributed by atoms with Gasteiger partial charge in [-0.1, -0.05) is 12.1 Å². The van der Waals surface area contributed by atoms with Gasteiger partial charge in [0, 0.05) is 12.1 Å². The highest BCUT2D eigenvalue weighted by molar-refractivity contribution is 5.69. The third-order valence-electron chi connectivity index (χ3n) is 2.73. The van der Waals surface area contributed by atoms with Crippen molar-refractivity contribution in [1.29, 1.82) is 15.8 Å². The third-order valence-corrected chi connectivity index (χ3v) is 2.73. The van der Waals surface area contributed by atoms with Gasteiger partial charge in [-0.25, -0.2) is 0 Å². The summed E-state index contributed by atoms with van der Waals surface area (Å²) in [4.78, 5) is 11.3. The van der Waals surface area contributed by atoms with E-state index in [4.69, 9.17) is 20.5 Å². The summed E-state index contributed by atoms with van der Waals surface area (Å²) in [5.41, 5.74) is 1.17. The van der Waals surface area contributed by atoms with Crippen LogP contribution >= 0.6 is 0 Å². The van der Waals surface area contributed by atoms with Crippen molar-refractivity contribution in [3.63, 3.8) is 0 Å². The molecule has 0 aliphatic carbocycles. The molecule has 0 aromatic heterocycles. The molecule has 110 valence electrons. The number of nitrogens with zero attached hydrogens (tertiary/aromatic N) is 3. The van der Waals surface area contributed by atoms with Crippen molar-refractivity contribution in [2.45, 2.75) is 19.8 Å². The molecule has 0 bridgehead atoms. The number of carbonyl (C=O) groups is 1. The first-order valence-electron chi connectivity index (χ1n) is 6.60. The van der Waals surface area contributed by atoms with Gasteiger partial charge >= 0.3 is 5.97 Å². The summed E-state index contributed by atoms with van der Waals surface area (Å²) in [6.07, 6.45) is 0.860. The number of rotatable bonds is 6. The van der Waals surface area contributed by atoms with E-state index in [0.717, 1.165) is 5.56 Å². The molecule has 0 amide bonds. The monoisotopic (exact) mass is 294 g/mol. The molecule has 0 aliphatic heterocycles. The van der Waals surface area contributed by atoms with E-state index in [2.05, 4.69) is 5.32 Å². The average Bonchev–Trinajstić information content (AvgIpc) is 2.54. The van der Waals surface area contributed by atoms with Gasteiger partial charge in [-0.05, 0) is 31.0 Å². The molecule has 1 N–H and O–H groups in total. The number of ether oxygens (including phenoxy) is 1. The van der Waals surface area contributed by atoms with Gasteiger partial charge in [0.05, 0.1) is 6.61 Å². The van der Waals surface area contributed by atoms with Crippen LogP contribution in [0.4, 0.5) is 5.69 Å². The summed E-state index contributed by atoms with van der Waals surface area (Å²) in [5, 5.41) is 29.2. The molecule has 0 radical (unpaired) electrons. The molecule has 6 heteroatoms. The third kappa shape index (κ3) is 5.00. The van der Waals surface area contributed by atoms with E-state index in [9.17, 15) is 4.79 Å². The van der Waals surface area contributed by atoms with Crippen molar-refractivity contribution in [1.82, 2.24) is 0 Å². The molecule has 0 fully saturated rings. The quantitative estimate of drug-likeness (QED) is 0.637. The lowest BCUT2D eigenvalue weighted by atomic mass is 10.1. The van der Waals surface area contributed by atoms with Gasteiger partial charge in [0.25, 0.3) is 0 Å². The van der Waals surface area contributed by atoms with Crippen LogP contribution in [0.15, 0.2) is 35.5 Å². The van der Waals surface area contributed by atoms with Gasteiger partial charge in [0.1, 0.15) is 23.9 Å². The first-order valence-corrected chi connectivity index (χ1v) is 6.60. The number of hydrogen-bond donors (Lipinski definition) is 1. The average molecular weight is 294 g/mol. The van der Waals surface area contributed by atoms with E-state index >= 15 is 0 Å². The topological polar surface area (TPSA) is 110 Å². The number of nitrogens with one attached hydrogen (secondary N) is 1. The van der Waals surface area contributed by atoms with Gasteiger partial charge in [-0.15, -0.1) is 0 Å². The standard InChI is InChI=1S/C16H14N4O2/c1-2-22-16(21)8-5-12-3-6-14(7-4-12)20-15(11-19)13(9-17)10-18/h3-4,6-7,20H,2,5,8H2,1H3. The van der Waals surface area contributed by atoms with E-state index < -0.39 is 0 Å². The highest BCUT2D eigenvalue weighted by Gasteiger charge is 2.06. The van der Waals surface area contributed by atoms with Crippen LogP contribution in [0.5, 0.6) is 0 Å². The fourth-order valence-corrected chi connectivity index (χ4v) is 1.66. The maximum Gasteiger partial charge on any atom is 0.306 e. The van der Waals surface area contributed by atoms with Crippen LogP contribution in [0.25, 0.3) is 0 Å². The summed E-state index contributed by atoms with van der Waals surface area (Å²) in [6, 6.07) is 12.1. The van der Waals surface area contributed by atoms with Crippen LogP contribution in [-0.4, -0.2) is 12.6 Å². The van der Waals surface area contributed by atoms with E-state index in [0.29, 0.717) is 25.1 Å². The molecular weight excluding hydrogens is 280 g/mol. The predicted octanol–water partition coefficient (Wildman–Crippen LogP) is 2.42. The zero-order valence-electron chi connectivity index (χ0n) is 12.1. The van der Waals surface area contributed by atoms with Crippen LogP contribution in [0, 0.1) is 34.0 Å². The minimum atomic E-state index is -0.270. The molecule has 1 rings (SSSR count). The SMILES string of the molecule is CCOC(=O)CCc1ccc(NC(C#N)=C(C#N)C#N)cc1. The summed E-state index contributed by atoms with van der Waals surface area (Å²) in [5.74, 6) is -0.243. The normalized spacial score (nSPS) is 8.82. The summed E-state index contributed by atoms with van der Waals surface area (Å²) >= 11 is 0. The van der Waals surface area contributed by atoms with Crippen LogP contribution in [-0.2, 0) is 16.0 Å². The Hall–Kier alpha value is -3.30. The second-order valence-electron chi connectivity index (χ2n) is 4.21. The van der Waals surface area contributed by atoms with E-state index in [1.807, 2.05) is 0 Å². The molecule has 0 aliphatic rings. The Kier molecular flexibility index (Phi) is 6.69. The van der Waals surface area contributed by atoms with Crippen molar-refractivity contribution in [2.24, 2.45) is 0 Å². The number of anilines is 1. The van der Waals surface area contributed by atoms with Crippen LogP contribution < -0.4 is 5.32 Å². The lowest BCUT2D eigenvalue weighted by molar-refractivity contribution is -0.143. The molecule has 0 saturated heterocycles. The molecule has 0 atom stereocenters. The Morgan fingerprint density at radius 2 is 1.77 bits per heavy atom. The number of benzene rings is 1. The van der Waals surface area contributed by atoms with E-state index in [-0.39, 0.29) is 17.2 Å².